The lowest BCUT2D eigenvalue weighted by atomic mass is 10.1. The molecule has 0 bridgehead atoms. The molecule has 0 saturated carbocycles. The number of para-hydroxylation sites is 2. The zero-order chi connectivity index (χ0) is 16.2. The molecule has 0 amide bonds. The highest BCUT2D eigenvalue weighted by molar-refractivity contribution is 5.75. The van der Waals surface area contributed by atoms with E-state index in [4.69, 9.17) is 4.74 Å². The Morgan fingerprint density at radius 3 is 2.52 bits per heavy atom. The van der Waals surface area contributed by atoms with Crippen LogP contribution in [0.3, 0.4) is 0 Å². The van der Waals surface area contributed by atoms with Gasteiger partial charge in [-0.1, -0.05) is 36.4 Å². The molecular weight excluding hydrogens is 292 g/mol. The van der Waals surface area contributed by atoms with Crippen LogP contribution in [-0.4, -0.2) is 22.1 Å². The molecule has 5 heteroatoms. The van der Waals surface area contributed by atoms with E-state index in [1.54, 1.807) is 4.57 Å². The van der Waals surface area contributed by atoms with Crippen molar-refractivity contribution in [3.63, 3.8) is 0 Å². The highest BCUT2D eigenvalue weighted by Gasteiger charge is 2.06. The van der Waals surface area contributed by atoms with E-state index in [0.717, 1.165) is 22.2 Å². The topological polar surface area (TPSA) is 64.1 Å². The van der Waals surface area contributed by atoms with Gasteiger partial charge >= 0.3 is 11.7 Å². The molecule has 1 heterocycles. The molecule has 0 aliphatic carbocycles. The number of aromatic nitrogens is 2. The van der Waals surface area contributed by atoms with Crippen LogP contribution in [0.25, 0.3) is 11.0 Å². The van der Waals surface area contributed by atoms with E-state index in [1.807, 2.05) is 48.5 Å². The Balaban J connectivity index is 1.74. The summed E-state index contributed by atoms with van der Waals surface area (Å²) in [6.45, 7) is 2.31. The van der Waals surface area contributed by atoms with Gasteiger partial charge in [-0.05, 0) is 23.3 Å². The van der Waals surface area contributed by atoms with Gasteiger partial charge < -0.3 is 9.72 Å². The van der Waals surface area contributed by atoms with Crippen molar-refractivity contribution >= 4 is 17.0 Å². The lowest BCUT2D eigenvalue weighted by Gasteiger charge is -2.06. The minimum absolute atomic E-state index is 0.106. The van der Waals surface area contributed by atoms with Gasteiger partial charge in [0.2, 0.25) is 0 Å². The van der Waals surface area contributed by atoms with E-state index in [1.165, 1.54) is 6.92 Å². The first-order valence-corrected chi connectivity index (χ1v) is 7.52. The second-order valence-electron chi connectivity index (χ2n) is 5.44. The fourth-order valence-electron chi connectivity index (χ4n) is 2.57. The van der Waals surface area contributed by atoms with Crippen molar-refractivity contribution in [2.75, 3.05) is 6.61 Å². The number of rotatable bonds is 5. The van der Waals surface area contributed by atoms with Gasteiger partial charge in [-0.25, -0.2) is 4.79 Å². The van der Waals surface area contributed by atoms with E-state index in [0.29, 0.717) is 19.6 Å². The van der Waals surface area contributed by atoms with Crippen LogP contribution in [0.2, 0.25) is 0 Å². The largest absolute Gasteiger partial charge is 0.466 e. The number of fused-ring (bicyclic) bond motifs is 1. The van der Waals surface area contributed by atoms with Crippen molar-refractivity contribution in [3.05, 3.63) is 70.1 Å². The molecule has 23 heavy (non-hydrogen) atoms. The maximum atomic E-state index is 12.1. The molecule has 0 fully saturated rings. The van der Waals surface area contributed by atoms with Crippen LogP contribution in [0.5, 0.6) is 0 Å². The molecule has 1 aromatic heterocycles. The van der Waals surface area contributed by atoms with Gasteiger partial charge in [0.25, 0.3) is 0 Å². The predicted octanol–water partition coefficient (Wildman–Crippen LogP) is 2.48. The minimum Gasteiger partial charge on any atom is -0.466 e. The SMILES string of the molecule is CC(=O)OCCc1ccc(Cn2c(=O)[nH]c3ccccc32)cc1. The number of nitrogens with zero attached hydrogens (tertiary/aromatic N) is 1. The molecule has 0 saturated heterocycles. The smallest absolute Gasteiger partial charge is 0.326 e. The molecule has 118 valence electrons. The molecule has 2 aromatic carbocycles. The molecule has 0 aliphatic heterocycles. The van der Waals surface area contributed by atoms with E-state index >= 15 is 0 Å². The molecular formula is C18H18N2O3. The van der Waals surface area contributed by atoms with Crippen LogP contribution >= 0.6 is 0 Å². The molecule has 0 spiro atoms. The van der Waals surface area contributed by atoms with Gasteiger partial charge in [0.1, 0.15) is 0 Å². The van der Waals surface area contributed by atoms with Crippen molar-refractivity contribution in [2.24, 2.45) is 0 Å². The zero-order valence-electron chi connectivity index (χ0n) is 12.9. The van der Waals surface area contributed by atoms with Gasteiger partial charge in [-0.15, -0.1) is 0 Å². The Kier molecular flexibility index (Phi) is 4.28. The molecule has 1 N–H and O–H groups in total. The maximum Gasteiger partial charge on any atom is 0.326 e. The molecule has 5 nitrogen and oxygen atoms in total. The van der Waals surface area contributed by atoms with Crippen LogP contribution < -0.4 is 5.69 Å². The summed E-state index contributed by atoms with van der Waals surface area (Å²) in [6.07, 6.45) is 0.687. The Labute approximate surface area is 133 Å². The lowest BCUT2D eigenvalue weighted by molar-refractivity contribution is -0.140. The second kappa shape index (κ2) is 6.52. The van der Waals surface area contributed by atoms with Gasteiger partial charge in [0.15, 0.2) is 0 Å². The number of esters is 1. The molecule has 0 unspecified atom stereocenters. The highest BCUT2D eigenvalue weighted by Crippen LogP contribution is 2.12. The second-order valence-corrected chi connectivity index (χ2v) is 5.44. The molecule has 3 rings (SSSR count). The number of hydrogen-bond donors (Lipinski definition) is 1. The zero-order valence-corrected chi connectivity index (χ0v) is 12.9. The van der Waals surface area contributed by atoms with E-state index < -0.39 is 0 Å². The summed E-state index contributed by atoms with van der Waals surface area (Å²) in [6, 6.07) is 15.6. The van der Waals surface area contributed by atoms with Crippen molar-refractivity contribution < 1.29 is 9.53 Å². The van der Waals surface area contributed by atoms with Crippen molar-refractivity contribution in [3.8, 4) is 0 Å². The third-order valence-electron chi connectivity index (χ3n) is 3.74. The summed E-state index contributed by atoms with van der Waals surface area (Å²) in [4.78, 5) is 25.7. The first kappa shape index (κ1) is 15.1. The van der Waals surface area contributed by atoms with Gasteiger partial charge in [0.05, 0.1) is 24.2 Å². The fraction of sp³-hybridized carbons (Fsp3) is 0.222. The molecule has 0 atom stereocenters. The Morgan fingerprint density at radius 1 is 1.09 bits per heavy atom. The van der Waals surface area contributed by atoms with Gasteiger partial charge in [-0.2, -0.15) is 0 Å². The van der Waals surface area contributed by atoms with E-state index in [9.17, 15) is 9.59 Å². The third kappa shape index (κ3) is 3.51. The number of carbonyl (C=O) groups excluding carboxylic acids is 1. The van der Waals surface area contributed by atoms with Crippen molar-refractivity contribution in [2.45, 2.75) is 19.9 Å². The van der Waals surface area contributed by atoms with Crippen molar-refractivity contribution in [1.29, 1.82) is 0 Å². The fourth-order valence-corrected chi connectivity index (χ4v) is 2.57. The van der Waals surface area contributed by atoms with Crippen molar-refractivity contribution in [1.82, 2.24) is 9.55 Å². The summed E-state index contributed by atoms with van der Waals surface area (Å²) in [7, 11) is 0. The summed E-state index contributed by atoms with van der Waals surface area (Å²) < 4.78 is 6.66. The Bertz CT molecular complexity index is 875. The van der Waals surface area contributed by atoms with Gasteiger partial charge in [-0.3, -0.25) is 9.36 Å². The first-order valence-electron chi connectivity index (χ1n) is 7.52. The number of nitrogens with one attached hydrogen (secondary N) is 1. The van der Waals surface area contributed by atoms with Crippen LogP contribution in [0.15, 0.2) is 53.3 Å². The van der Waals surface area contributed by atoms with Crippen LogP contribution in [0.4, 0.5) is 0 Å². The van der Waals surface area contributed by atoms with E-state index in [2.05, 4.69) is 4.98 Å². The van der Waals surface area contributed by atoms with Gasteiger partial charge in [0, 0.05) is 13.3 Å². The molecule has 3 aromatic rings. The number of aromatic amines is 1. The van der Waals surface area contributed by atoms with Crippen LogP contribution in [0.1, 0.15) is 18.1 Å². The maximum absolute atomic E-state index is 12.1. The molecule has 0 aliphatic rings. The predicted molar refractivity (Wildman–Crippen MR) is 88.4 cm³/mol. The Hall–Kier alpha value is -2.82. The number of ether oxygens (including phenoxy) is 1. The quantitative estimate of drug-likeness (QED) is 0.736. The molecule has 0 radical (unpaired) electrons. The standard InChI is InChI=1S/C18H18N2O3/c1-13(21)23-11-10-14-6-8-15(9-7-14)12-20-17-5-3-2-4-16(17)19-18(20)22/h2-9H,10-12H2,1H3,(H,19,22). The number of benzene rings is 2. The number of hydrogen-bond acceptors (Lipinski definition) is 3. The normalized spacial score (nSPS) is 10.8. The number of imidazole rings is 1. The average molecular weight is 310 g/mol. The summed E-state index contributed by atoms with van der Waals surface area (Å²) >= 11 is 0. The monoisotopic (exact) mass is 310 g/mol. The summed E-state index contributed by atoms with van der Waals surface area (Å²) in [5, 5.41) is 0. The van der Waals surface area contributed by atoms with Crippen LogP contribution in [0, 0.1) is 0 Å². The average Bonchev–Trinajstić information content (AvgIpc) is 2.85. The van der Waals surface area contributed by atoms with E-state index in [-0.39, 0.29) is 11.7 Å². The number of H-pyrrole nitrogens is 1. The third-order valence-corrected chi connectivity index (χ3v) is 3.74. The highest BCUT2D eigenvalue weighted by atomic mass is 16.5. The Morgan fingerprint density at radius 2 is 1.78 bits per heavy atom. The van der Waals surface area contributed by atoms with Crippen LogP contribution in [-0.2, 0) is 22.5 Å². The lowest BCUT2D eigenvalue weighted by Crippen LogP contribution is -2.17. The minimum atomic E-state index is -0.264. The number of carbonyl (C=O) groups is 1. The summed E-state index contributed by atoms with van der Waals surface area (Å²) in [5.74, 6) is -0.264. The first-order chi connectivity index (χ1) is 11.1. The summed E-state index contributed by atoms with van der Waals surface area (Å²) in [5.41, 5.74) is 3.78.